The molecule has 5 nitrogen and oxygen atoms in total. The Morgan fingerprint density at radius 2 is 2.00 bits per heavy atom. The van der Waals surface area contributed by atoms with Crippen LogP contribution < -0.4 is 10.6 Å². The Kier molecular flexibility index (Phi) is 6.55. The van der Waals surface area contributed by atoms with E-state index in [1.807, 2.05) is 32.0 Å². The molecule has 2 N–H and O–H groups in total. The summed E-state index contributed by atoms with van der Waals surface area (Å²) in [5.74, 6) is 0.758. The van der Waals surface area contributed by atoms with Gasteiger partial charge < -0.3 is 15.4 Å². The van der Waals surface area contributed by atoms with Gasteiger partial charge in [0.25, 0.3) is 0 Å². The fraction of sp³-hybridized carbons (Fsp3) is 0.412. The van der Waals surface area contributed by atoms with Crippen LogP contribution in [0.4, 0.5) is 0 Å². The van der Waals surface area contributed by atoms with Crippen molar-refractivity contribution in [3.05, 3.63) is 51.5 Å². The molecule has 0 bridgehead atoms. The summed E-state index contributed by atoms with van der Waals surface area (Å²) in [7, 11) is 3.49. The first-order chi connectivity index (χ1) is 11.1. The van der Waals surface area contributed by atoms with Gasteiger partial charge in [0.2, 0.25) is 0 Å². The van der Waals surface area contributed by atoms with Gasteiger partial charge >= 0.3 is 0 Å². The number of thiazole rings is 1. The molecule has 1 aromatic heterocycles. The maximum atomic E-state index is 5.56. The summed E-state index contributed by atoms with van der Waals surface area (Å²) >= 11 is 1.71. The van der Waals surface area contributed by atoms with Crippen LogP contribution in [-0.4, -0.2) is 31.6 Å². The van der Waals surface area contributed by atoms with Crippen molar-refractivity contribution >= 4 is 17.3 Å². The van der Waals surface area contributed by atoms with Gasteiger partial charge in [-0.1, -0.05) is 30.3 Å². The minimum absolute atomic E-state index is 0.0119. The van der Waals surface area contributed by atoms with E-state index in [1.54, 1.807) is 25.5 Å². The van der Waals surface area contributed by atoms with Crippen molar-refractivity contribution in [2.24, 2.45) is 4.99 Å². The number of aryl methyl sites for hydroxylation is 2. The Labute approximate surface area is 141 Å². The summed E-state index contributed by atoms with van der Waals surface area (Å²) in [6.45, 7) is 5.44. The Balaban J connectivity index is 1.88. The third-order valence-corrected chi connectivity index (χ3v) is 4.62. The number of aliphatic imine (C=N–C) groups is 1. The lowest BCUT2D eigenvalue weighted by atomic mass is 10.1. The van der Waals surface area contributed by atoms with E-state index in [0.29, 0.717) is 6.54 Å². The second kappa shape index (κ2) is 8.64. The average Bonchev–Trinajstić information content (AvgIpc) is 2.89. The Hall–Kier alpha value is -1.92. The second-order valence-electron chi connectivity index (χ2n) is 5.18. The SMILES string of the molecule is CN=C(NCc1sc(C)nc1C)NCC(OC)c1ccccc1. The third-order valence-electron chi connectivity index (χ3n) is 3.55. The van der Waals surface area contributed by atoms with Gasteiger partial charge in [0.05, 0.1) is 23.4 Å². The zero-order valence-electron chi connectivity index (χ0n) is 14.1. The number of guanidine groups is 1. The number of nitrogens with zero attached hydrogens (tertiary/aromatic N) is 2. The second-order valence-corrected chi connectivity index (χ2v) is 6.47. The highest BCUT2D eigenvalue weighted by atomic mass is 32.1. The monoisotopic (exact) mass is 332 g/mol. The first kappa shape index (κ1) is 17.4. The molecule has 124 valence electrons. The maximum Gasteiger partial charge on any atom is 0.191 e. The van der Waals surface area contributed by atoms with Crippen LogP contribution in [0.3, 0.4) is 0 Å². The quantitative estimate of drug-likeness (QED) is 0.631. The van der Waals surface area contributed by atoms with Crippen LogP contribution in [0.2, 0.25) is 0 Å². The largest absolute Gasteiger partial charge is 0.375 e. The fourth-order valence-electron chi connectivity index (χ4n) is 2.32. The smallest absolute Gasteiger partial charge is 0.191 e. The standard InChI is InChI=1S/C17H24N4OS/c1-12-16(23-13(2)21-12)11-20-17(18-3)19-10-15(22-4)14-8-6-5-7-9-14/h5-9,15H,10-11H2,1-4H3,(H2,18,19,20). The number of rotatable bonds is 6. The molecule has 0 saturated heterocycles. The van der Waals surface area contributed by atoms with Crippen LogP contribution >= 0.6 is 11.3 Å². The molecule has 1 atom stereocenters. The van der Waals surface area contributed by atoms with Gasteiger partial charge in [-0.2, -0.15) is 0 Å². The van der Waals surface area contributed by atoms with Crippen molar-refractivity contribution in [2.75, 3.05) is 20.7 Å². The summed E-state index contributed by atoms with van der Waals surface area (Å²) in [6, 6.07) is 10.2. The topological polar surface area (TPSA) is 58.5 Å². The molecule has 6 heteroatoms. The highest BCUT2D eigenvalue weighted by Gasteiger charge is 2.11. The van der Waals surface area contributed by atoms with Crippen molar-refractivity contribution in [1.82, 2.24) is 15.6 Å². The normalized spacial score (nSPS) is 13.0. The van der Waals surface area contributed by atoms with Gasteiger partial charge in [0, 0.05) is 25.6 Å². The van der Waals surface area contributed by atoms with Crippen LogP contribution in [0.1, 0.15) is 27.2 Å². The average molecular weight is 332 g/mol. The first-order valence-corrected chi connectivity index (χ1v) is 8.40. The Morgan fingerprint density at radius 1 is 1.26 bits per heavy atom. The predicted molar refractivity (Wildman–Crippen MR) is 96.0 cm³/mol. The molecule has 2 rings (SSSR count). The molecule has 0 radical (unpaired) electrons. The zero-order valence-corrected chi connectivity index (χ0v) is 14.9. The van der Waals surface area contributed by atoms with Crippen molar-refractivity contribution in [1.29, 1.82) is 0 Å². The highest BCUT2D eigenvalue weighted by Crippen LogP contribution is 2.17. The molecular weight excluding hydrogens is 308 g/mol. The van der Waals surface area contributed by atoms with E-state index in [1.165, 1.54) is 4.88 Å². The zero-order chi connectivity index (χ0) is 16.7. The van der Waals surface area contributed by atoms with Crippen molar-refractivity contribution in [3.63, 3.8) is 0 Å². The van der Waals surface area contributed by atoms with Crippen LogP contribution in [0.25, 0.3) is 0 Å². The van der Waals surface area contributed by atoms with Gasteiger partial charge in [-0.05, 0) is 19.4 Å². The van der Waals surface area contributed by atoms with E-state index < -0.39 is 0 Å². The van der Waals surface area contributed by atoms with E-state index in [4.69, 9.17) is 4.74 Å². The van der Waals surface area contributed by atoms with Crippen LogP contribution in [-0.2, 0) is 11.3 Å². The number of benzene rings is 1. The molecular formula is C17H24N4OS. The van der Waals surface area contributed by atoms with Crippen LogP contribution in [0.15, 0.2) is 35.3 Å². The lowest BCUT2D eigenvalue weighted by molar-refractivity contribution is 0.106. The van der Waals surface area contributed by atoms with E-state index in [9.17, 15) is 0 Å². The first-order valence-electron chi connectivity index (χ1n) is 7.59. The minimum atomic E-state index is -0.0119. The van der Waals surface area contributed by atoms with Gasteiger partial charge in [-0.15, -0.1) is 11.3 Å². The molecule has 23 heavy (non-hydrogen) atoms. The molecule has 2 aromatic rings. The summed E-state index contributed by atoms with van der Waals surface area (Å²) in [6.07, 6.45) is -0.0119. The van der Waals surface area contributed by atoms with E-state index in [2.05, 4.69) is 32.7 Å². The molecule has 0 aliphatic rings. The van der Waals surface area contributed by atoms with Gasteiger partial charge in [-0.25, -0.2) is 4.98 Å². The number of methoxy groups -OCH3 is 1. The summed E-state index contributed by atoms with van der Waals surface area (Å²) < 4.78 is 5.56. The molecule has 1 heterocycles. The molecule has 1 aromatic carbocycles. The Morgan fingerprint density at radius 3 is 2.57 bits per heavy atom. The van der Waals surface area contributed by atoms with Crippen LogP contribution in [0, 0.1) is 13.8 Å². The number of hydrogen-bond donors (Lipinski definition) is 2. The highest BCUT2D eigenvalue weighted by molar-refractivity contribution is 7.11. The Bertz CT molecular complexity index is 639. The summed E-state index contributed by atoms with van der Waals surface area (Å²) in [5, 5.41) is 7.73. The molecule has 0 fully saturated rings. The van der Waals surface area contributed by atoms with Crippen molar-refractivity contribution < 1.29 is 4.74 Å². The number of ether oxygens (including phenoxy) is 1. The molecule has 0 aliphatic heterocycles. The van der Waals surface area contributed by atoms with Crippen LogP contribution in [0.5, 0.6) is 0 Å². The maximum absolute atomic E-state index is 5.56. The predicted octanol–water partition coefficient (Wildman–Crippen LogP) is 2.81. The third kappa shape index (κ3) is 5.04. The fourth-order valence-corrected chi connectivity index (χ4v) is 3.19. The van der Waals surface area contributed by atoms with Crippen molar-refractivity contribution in [2.45, 2.75) is 26.5 Å². The molecule has 0 saturated carbocycles. The van der Waals surface area contributed by atoms with Gasteiger partial charge in [-0.3, -0.25) is 4.99 Å². The van der Waals surface area contributed by atoms with E-state index in [-0.39, 0.29) is 6.10 Å². The number of hydrogen-bond acceptors (Lipinski definition) is 4. The summed E-state index contributed by atoms with van der Waals surface area (Å²) in [5.41, 5.74) is 2.22. The summed E-state index contributed by atoms with van der Waals surface area (Å²) in [4.78, 5) is 9.94. The van der Waals surface area contributed by atoms with Gasteiger partial charge in [0.15, 0.2) is 5.96 Å². The molecule has 0 spiro atoms. The minimum Gasteiger partial charge on any atom is -0.375 e. The van der Waals surface area contributed by atoms with Gasteiger partial charge in [0.1, 0.15) is 0 Å². The van der Waals surface area contributed by atoms with E-state index in [0.717, 1.165) is 28.8 Å². The lowest BCUT2D eigenvalue weighted by Gasteiger charge is -2.18. The lowest BCUT2D eigenvalue weighted by Crippen LogP contribution is -2.39. The molecule has 0 amide bonds. The van der Waals surface area contributed by atoms with E-state index >= 15 is 0 Å². The number of aromatic nitrogens is 1. The number of nitrogens with one attached hydrogen (secondary N) is 2. The molecule has 0 aliphatic carbocycles. The van der Waals surface area contributed by atoms with Crippen molar-refractivity contribution in [3.8, 4) is 0 Å². The molecule has 1 unspecified atom stereocenters.